The van der Waals surface area contributed by atoms with Crippen molar-refractivity contribution in [2.75, 3.05) is 11.1 Å². The number of hydrogen-bond donors (Lipinski definition) is 2. The maximum absolute atomic E-state index is 8.84. The fourth-order valence-electron chi connectivity index (χ4n) is 2.34. The van der Waals surface area contributed by atoms with Gasteiger partial charge in [0.15, 0.2) is 0 Å². The molecular weight excluding hydrogens is 286 g/mol. The standard InChI is InChI=1S/C18H17N5/c19-11-6-12-23-18(21-16-10-5-4-9-15(16)20)13-17(22-23)14-7-2-1-3-8-14/h1-5,7-10,13,21H,6,12,20H2. The number of nitrogens with zero attached hydrogens (tertiary/aromatic N) is 3. The predicted molar refractivity (Wildman–Crippen MR) is 92.0 cm³/mol. The van der Waals surface area contributed by atoms with E-state index in [0.717, 1.165) is 22.8 Å². The highest BCUT2D eigenvalue weighted by molar-refractivity contribution is 5.73. The predicted octanol–water partition coefficient (Wildman–Crippen LogP) is 3.79. The molecule has 0 unspecified atom stereocenters. The second kappa shape index (κ2) is 6.67. The van der Waals surface area contributed by atoms with Crippen LogP contribution >= 0.6 is 0 Å². The van der Waals surface area contributed by atoms with Crippen LogP contribution in [0.25, 0.3) is 11.3 Å². The molecule has 1 aromatic heterocycles. The molecule has 0 radical (unpaired) electrons. The molecule has 0 spiro atoms. The monoisotopic (exact) mass is 303 g/mol. The van der Waals surface area contributed by atoms with Crippen molar-refractivity contribution in [3.63, 3.8) is 0 Å². The second-order valence-electron chi connectivity index (χ2n) is 5.12. The molecular formula is C18H17N5. The Hall–Kier alpha value is -3.26. The third-order valence-electron chi connectivity index (χ3n) is 3.51. The van der Waals surface area contributed by atoms with Crippen LogP contribution in [0.2, 0.25) is 0 Å². The Kier molecular flexibility index (Phi) is 4.25. The number of hydrogen-bond acceptors (Lipinski definition) is 4. The zero-order chi connectivity index (χ0) is 16.1. The van der Waals surface area contributed by atoms with E-state index >= 15 is 0 Å². The van der Waals surface area contributed by atoms with Gasteiger partial charge in [-0.2, -0.15) is 10.4 Å². The molecule has 0 fully saturated rings. The van der Waals surface area contributed by atoms with Crippen LogP contribution in [0, 0.1) is 11.3 Å². The summed E-state index contributed by atoms with van der Waals surface area (Å²) in [7, 11) is 0. The molecule has 0 aliphatic rings. The lowest BCUT2D eigenvalue weighted by molar-refractivity contribution is 0.637. The van der Waals surface area contributed by atoms with E-state index in [1.54, 1.807) is 4.68 Å². The maximum Gasteiger partial charge on any atom is 0.129 e. The van der Waals surface area contributed by atoms with Gasteiger partial charge in [0.1, 0.15) is 5.82 Å². The SMILES string of the molecule is N#CCCn1nc(-c2ccccc2)cc1Nc1ccccc1N. The zero-order valence-corrected chi connectivity index (χ0v) is 12.6. The van der Waals surface area contributed by atoms with E-state index in [9.17, 15) is 0 Å². The van der Waals surface area contributed by atoms with Crippen molar-refractivity contribution in [3.8, 4) is 17.3 Å². The second-order valence-corrected chi connectivity index (χ2v) is 5.12. The van der Waals surface area contributed by atoms with Gasteiger partial charge in [0.25, 0.3) is 0 Å². The Balaban J connectivity index is 1.96. The van der Waals surface area contributed by atoms with E-state index in [0.29, 0.717) is 18.7 Å². The number of nitrogen functional groups attached to an aromatic ring is 1. The number of anilines is 3. The molecule has 5 heteroatoms. The first kappa shape index (κ1) is 14.7. The summed E-state index contributed by atoms with van der Waals surface area (Å²) in [6.07, 6.45) is 0.398. The molecule has 2 aromatic carbocycles. The summed E-state index contributed by atoms with van der Waals surface area (Å²) in [5.74, 6) is 0.817. The maximum atomic E-state index is 8.84. The third-order valence-corrected chi connectivity index (χ3v) is 3.51. The van der Waals surface area contributed by atoms with Crippen molar-refractivity contribution >= 4 is 17.2 Å². The Morgan fingerprint density at radius 1 is 1.09 bits per heavy atom. The molecule has 114 valence electrons. The summed E-state index contributed by atoms with van der Waals surface area (Å²) in [6, 6.07) is 21.7. The Morgan fingerprint density at radius 3 is 2.57 bits per heavy atom. The van der Waals surface area contributed by atoms with Crippen molar-refractivity contribution < 1.29 is 0 Å². The van der Waals surface area contributed by atoms with Crippen molar-refractivity contribution in [1.82, 2.24) is 9.78 Å². The number of aromatic nitrogens is 2. The Labute approximate surface area is 135 Å². The van der Waals surface area contributed by atoms with Gasteiger partial charge in [-0.05, 0) is 12.1 Å². The molecule has 0 saturated heterocycles. The van der Waals surface area contributed by atoms with Crippen molar-refractivity contribution in [3.05, 3.63) is 60.7 Å². The minimum absolute atomic E-state index is 0.398. The van der Waals surface area contributed by atoms with Crippen LogP contribution in [-0.4, -0.2) is 9.78 Å². The summed E-state index contributed by atoms with van der Waals surface area (Å²) >= 11 is 0. The van der Waals surface area contributed by atoms with Gasteiger partial charge in [0.2, 0.25) is 0 Å². The Morgan fingerprint density at radius 2 is 1.83 bits per heavy atom. The van der Waals surface area contributed by atoms with Crippen LogP contribution in [-0.2, 0) is 6.54 Å². The molecule has 0 aliphatic carbocycles. The van der Waals surface area contributed by atoms with E-state index in [1.165, 1.54) is 0 Å². The van der Waals surface area contributed by atoms with Gasteiger partial charge in [-0.15, -0.1) is 0 Å². The number of nitriles is 1. The van der Waals surface area contributed by atoms with Crippen LogP contribution in [0.5, 0.6) is 0 Å². The topological polar surface area (TPSA) is 79.7 Å². The van der Waals surface area contributed by atoms with Gasteiger partial charge < -0.3 is 11.1 Å². The van der Waals surface area contributed by atoms with Gasteiger partial charge in [-0.3, -0.25) is 0 Å². The zero-order valence-electron chi connectivity index (χ0n) is 12.6. The highest BCUT2D eigenvalue weighted by atomic mass is 15.3. The molecule has 3 aromatic rings. The fourth-order valence-corrected chi connectivity index (χ4v) is 2.34. The van der Waals surface area contributed by atoms with Crippen LogP contribution in [0.3, 0.4) is 0 Å². The molecule has 0 saturated carbocycles. The summed E-state index contributed by atoms with van der Waals surface area (Å²) in [4.78, 5) is 0. The van der Waals surface area contributed by atoms with Crippen molar-refractivity contribution in [1.29, 1.82) is 5.26 Å². The van der Waals surface area contributed by atoms with Gasteiger partial charge in [0.05, 0.1) is 36.1 Å². The number of benzene rings is 2. The molecule has 0 amide bonds. The largest absolute Gasteiger partial charge is 0.397 e. The van der Waals surface area contributed by atoms with Gasteiger partial charge >= 0.3 is 0 Å². The van der Waals surface area contributed by atoms with Crippen molar-refractivity contribution in [2.45, 2.75) is 13.0 Å². The highest BCUT2D eigenvalue weighted by Crippen LogP contribution is 2.27. The third kappa shape index (κ3) is 3.33. The first-order valence-electron chi connectivity index (χ1n) is 7.39. The molecule has 3 rings (SSSR count). The normalized spacial score (nSPS) is 10.2. The molecule has 0 atom stereocenters. The van der Waals surface area contributed by atoms with Gasteiger partial charge in [0, 0.05) is 11.6 Å². The van der Waals surface area contributed by atoms with Crippen LogP contribution in [0.15, 0.2) is 60.7 Å². The molecule has 0 aliphatic heterocycles. The average Bonchev–Trinajstić information content (AvgIpc) is 2.99. The number of para-hydroxylation sites is 2. The highest BCUT2D eigenvalue weighted by Gasteiger charge is 2.10. The minimum atomic E-state index is 0.398. The lowest BCUT2D eigenvalue weighted by atomic mass is 10.1. The quantitative estimate of drug-likeness (QED) is 0.703. The van der Waals surface area contributed by atoms with E-state index in [-0.39, 0.29) is 0 Å². The van der Waals surface area contributed by atoms with E-state index < -0.39 is 0 Å². The first-order valence-corrected chi connectivity index (χ1v) is 7.39. The molecule has 3 N–H and O–H groups in total. The minimum Gasteiger partial charge on any atom is -0.397 e. The Bertz CT molecular complexity index is 830. The average molecular weight is 303 g/mol. The lowest BCUT2D eigenvalue weighted by Crippen LogP contribution is -2.05. The fraction of sp³-hybridized carbons (Fsp3) is 0.111. The molecule has 5 nitrogen and oxygen atoms in total. The van der Waals surface area contributed by atoms with E-state index in [2.05, 4.69) is 16.5 Å². The van der Waals surface area contributed by atoms with Gasteiger partial charge in [-0.1, -0.05) is 42.5 Å². The molecule has 23 heavy (non-hydrogen) atoms. The first-order chi connectivity index (χ1) is 11.3. The van der Waals surface area contributed by atoms with E-state index in [1.807, 2.05) is 60.7 Å². The number of aryl methyl sites for hydroxylation is 1. The van der Waals surface area contributed by atoms with Crippen molar-refractivity contribution in [2.24, 2.45) is 0 Å². The number of nitrogens with one attached hydrogen (secondary N) is 1. The van der Waals surface area contributed by atoms with Crippen LogP contribution in [0.4, 0.5) is 17.2 Å². The van der Waals surface area contributed by atoms with Crippen LogP contribution in [0.1, 0.15) is 6.42 Å². The summed E-state index contributed by atoms with van der Waals surface area (Å²) in [6.45, 7) is 0.526. The molecule has 0 bridgehead atoms. The van der Waals surface area contributed by atoms with Crippen LogP contribution < -0.4 is 11.1 Å². The smallest absolute Gasteiger partial charge is 0.129 e. The van der Waals surface area contributed by atoms with E-state index in [4.69, 9.17) is 11.0 Å². The summed E-state index contributed by atoms with van der Waals surface area (Å²) in [5.41, 5.74) is 9.38. The van der Waals surface area contributed by atoms with Gasteiger partial charge in [-0.25, -0.2) is 4.68 Å². The lowest BCUT2D eigenvalue weighted by Gasteiger charge is -2.10. The number of nitrogens with two attached hydrogens (primary N) is 1. The number of rotatable bonds is 5. The summed E-state index contributed by atoms with van der Waals surface area (Å²) < 4.78 is 1.80. The summed E-state index contributed by atoms with van der Waals surface area (Å²) in [5, 5.41) is 16.8. The molecule has 1 heterocycles.